The van der Waals surface area contributed by atoms with Crippen LogP contribution in [0.2, 0.25) is 0 Å². The largest absolute Gasteiger partial charge is 0.508 e. The highest BCUT2D eigenvalue weighted by molar-refractivity contribution is 5.83. The lowest BCUT2D eigenvalue weighted by Gasteiger charge is -2.25. The molecule has 5 nitrogen and oxygen atoms in total. The van der Waals surface area contributed by atoms with Crippen molar-refractivity contribution >= 4 is 5.78 Å². The molecule has 0 radical (unpaired) electrons. The summed E-state index contributed by atoms with van der Waals surface area (Å²) in [5.74, 6) is 0.253. The molecule has 1 aliphatic carbocycles. The summed E-state index contributed by atoms with van der Waals surface area (Å²) in [5, 5.41) is 30.3. The Kier molecular flexibility index (Phi) is 5.18. The molecule has 0 aromatic heterocycles. The maximum Gasteiger partial charge on any atom is 0.160 e. The number of hydrogen-bond donors (Lipinski definition) is 3. The number of phenolic OH excluding ortho intramolecular Hbond substituents is 2. The van der Waals surface area contributed by atoms with E-state index < -0.39 is 6.10 Å². The second-order valence-electron chi connectivity index (χ2n) is 6.98. The van der Waals surface area contributed by atoms with Crippen molar-refractivity contribution in [1.82, 2.24) is 0 Å². The van der Waals surface area contributed by atoms with E-state index in [1.807, 2.05) is 19.1 Å². The van der Waals surface area contributed by atoms with Crippen LogP contribution in [0.4, 0.5) is 0 Å². The van der Waals surface area contributed by atoms with Crippen LogP contribution in [0.25, 0.3) is 0 Å². The molecule has 1 aliphatic rings. The maximum atomic E-state index is 12.4. The van der Waals surface area contributed by atoms with Gasteiger partial charge in [0.25, 0.3) is 0 Å². The number of hydrogen-bond acceptors (Lipinski definition) is 5. The van der Waals surface area contributed by atoms with Gasteiger partial charge in [-0.05, 0) is 60.6 Å². The van der Waals surface area contributed by atoms with Gasteiger partial charge in [0.15, 0.2) is 11.5 Å². The molecule has 1 saturated carbocycles. The Hall–Kier alpha value is -2.53. The van der Waals surface area contributed by atoms with Crippen LogP contribution in [0, 0.1) is 18.8 Å². The fraction of sp³-hybridized carbons (Fsp3) is 0.381. The molecular formula is C21H24O5. The molecule has 0 saturated heterocycles. The van der Waals surface area contributed by atoms with Gasteiger partial charge in [0.1, 0.15) is 11.5 Å². The number of ketones is 1. The van der Waals surface area contributed by atoms with E-state index in [0.717, 1.165) is 11.1 Å². The lowest BCUT2D eigenvalue weighted by molar-refractivity contribution is -0.122. The normalized spacial score (nSPS) is 21.0. The fourth-order valence-electron chi connectivity index (χ4n) is 3.80. The van der Waals surface area contributed by atoms with Crippen LogP contribution in [0.3, 0.4) is 0 Å². The lowest BCUT2D eigenvalue weighted by atomic mass is 9.83. The Morgan fingerprint density at radius 1 is 1.15 bits per heavy atom. The summed E-state index contributed by atoms with van der Waals surface area (Å²) in [6.07, 6.45) is 0.819. The molecule has 0 bridgehead atoms. The maximum absolute atomic E-state index is 12.4. The zero-order valence-electron chi connectivity index (χ0n) is 15.0. The van der Waals surface area contributed by atoms with E-state index in [1.165, 1.54) is 13.2 Å². The van der Waals surface area contributed by atoms with Gasteiger partial charge >= 0.3 is 0 Å². The highest BCUT2D eigenvalue weighted by Crippen LogP contribution is 2.41. The molecule has 2 aromatic rings. The topological polar surface area (TPSA) is 87.0 Å². The molecule has 1 fully saturated rings. The van der Waals surface area contributed by atoms with E-state index in [2.05, 4.69) is 0 Å². The van der Waals surface area contributed by atoms with E-state index in [-0.39, 0.29) is 29.1 Å². The van der Waals surface area contributed by atoms with Crippen LogP contribution in [-0.2, 0) is 11.2 Å². The number of aliphatic hydroxyl groups is 1. The average Bonchev–Trinajstić information content (AvgIpc) is 2.98. The summed E-state index contributed by atoms with van der Waals surface area (Å²) in [7, 11) is 1.46. The first-order chi connectivity index (χ1) is 12.4. The van der Waals surface area contributed by atoms with Crippen LogP contribution in [-0.4, -0.2) is 28.2 Å². The molecule has 0 heterocycles. The van der Waals surface area contributed by atoms with Gasteiger partial charge in [-0.1, -0.05) is 18.2 Å². The molecule has 3 N–H and O–H groups in total. The number of aliphatic hydroxyl groups excluding tert-OH is 1. The second kappa shape index (κ2) is 7.38. The average molecular weight is 356 g/mol. The fourth-order valence-corrected chi connectivity index (χ4v) is 3.80. The number of rotatable bonds is 5. The molecule has 0 amide bonds. The molecule has 0 spiro atoms. The molecule has 5 heteroatoms. The van der Waals surface area contributed by atoms with Gasteiger partial charge in [0, 0.05) is 12.3 Å². The summed E-state index contributed by atoms with van der Waals surface area (Å²) >= 11 is 0. The van der Waals surface area contributed by atoms with E-state index in [9.17, 15) is 20.1 Å². The SMILES string of the molecule is COc1cc(C(O)[C@H]2CCC(=O)[C@@H]2Cc2ccc(O)c(C)c2)ccc1O. The van der Waals surface area contributed by atoms with Crippen molar-refractivity contribution in [3.05, 3.63) is 53.1 Å². The zero-order chi connectivity index (χ0) is 18.8. The first-order valence-electron chi connectivity index (χ1n) is 8.77. The van der Waals surface area contributed by atoms with Crippen molar-refractivity contribution in [3.63, 3.8) is 0 Å². The molecule has 138 valence electrons. The first-order valence-corrected chi connectivity index (χ1v) is 8.77. The summed E-state index contributed by atoms with van der Waals surface area (Å²) in [5.41, 5.74) is 2.38. The molecule has 2 aromatic carbocycles. The Bertz CT molecular complexity index is 814. The van der Waals surface area contributed by atoms with Gasteiger partial charge in [0.05, 0.1) is 13.2 Å². The first kappa shape index (κ1) is 18.3. The quantitative estimate of drug-likeness (QED) is 0.765. The second-order valence-corrected chi connectivity index (χ2v) is 6.98. The summed E-state index contributed by atoms with van der Waals surface area (Å²) in [4.78, 5) is 12.4. The summed E-state index contributed by atoms with van der Waals surface area (Å²) < 4.78 is 5.11. The van der Waals surface area contributed by atoms with E-state index in [1.54, 1.807) is 18.2 Å². The third-order valence-electron chi connectivity index (χ3n) is 5.32. The number of Topliss-reactive ketones (excluding diaryl/α,β-unsaturated/α-hetero) is 1. The van der Waals surface area contributed by atoms with Crippen molar-refractivity contribution in [1.29, 1.82) is 0 Å². The summed E-state index contributed by atoms with van der Waals surface area (Å²) in [6, 6.07) is 10.1. The predicted octanol–water partition coefficient (Wildman–Crippen LogP) is 3.29. The Morgan fingerprint density at radius 2 is 1.88 bits per heavy atom. The number of aryl methyl sites for hydroxylation is 1. The number of ether oxygens (including phenoxy) is 1. The Labute approximate surface area is 152 Å². The van der Waals surface area contributed by atoms with Gasteiger partial charge < -0.3 is 20.1 Å². The predicted molar refractivity (Wildman–Crippen MR) is 97.4 cm³/mol. The number of carbonyl (C=O) groups is 1. The van der Waals surface area contributed by atoms with Crippen molar-refractivity contribution in [2.75, 3.05) is 7.11 Å². The van der Waals surface area contributed by atoms with E-state index in [0.29, 0.717) is 30.6 Å². The van der Waals surface area contributed by atoms with Crippen LogP contribution in [0.1, 0.15) is 35.6 Å². The van der Waals surface area contributed by atoms with Crippen LogP contribution in [0.5, 0.6) is 17.2 Å². The minimum atomic E-state index is -0.806. The number of aromatic hydroxyl groups is 2. The van der Waals surface area contributed by atoms with Gasteiger partial charge in [-0.3, -0.25) is 4.79 Å². The Morgan fingerprint density at radius 3 is 2.58 bits per heavy atom. The molecule has 3 atom stereocenters. The number of methoxy groups -OCH3 is 1. The van der Waals surface area contributed by atoms with Crippen molar-refractivity contribution in [3.8, 4) is 17.2 Å². The van der Waals surface area contributed by atoms with Gasteiger partial charge in [-0.15, -0.1) is 0 Å². The number of phenols is 2. The minimum absolute atomic E-state index is 0.0158. The molecule has 26 heavy (non-hydrogen) atoms. The van der Waals surface area contributed by atoms with Crippen molar-refractivity contribution < 1.29 is 24.9 Å². The van der Waals surface area contributed by atoms with Crippen LogP contribution in [0.15, 0.2) is 36.4 Å². The van der Waals surface area contributed by atoms with Crippen molar-refractivity contribution in [2.45, 2.75) is 32.3 Å². The Balaban J connectivity index is 1.83. The summed E-state index contributed by atoms with van der Waals surface area (Å²) in [6.45, 7) is 1.82. The standard InChI is InChI=1S/C21H24O5/c1-12-9-13(3-6-17(12)22)10-16-15(5-8-18(16)23)21(25)14-4-7-19(24)20(11-14)26-2/h3-4,6-7,9,11,15-16,21-22,24-25H,5,8,10H2,1-2H3/t15-,16+,21?/m0/s1. The number of carbonyl (C=O) groups excluding carboxylic acids is 1. The van der Waals surface area contributed by atoms with Gasteiger partial charge in [-0.25, -0.2) is 0 Å². The van der Waals surface area contributed by atoms with E-state index >= 15 is 0 Å². The molecular weight excluding hydrogens is 332 g/mol. The van der Waals surface area contributed by atoms with Gasteiger partial charge in [-0.2, -0.15) is 0 Å². The third-order valence-corrected chi connectivity index (χ3v) is 5.32. The smallest absolute Gasteiger partial charge is 0.160 e. The monoisotopic (exact) mass is 356 g/mol. The highest BCUT2D eigenvalue weighted by Gasteiger charge is 2.39. The molecule has 0 aliphatic heterocycles. The minimum Gasteiger partial charge on any atom is -0.508 e. The number of benzene rings is 2. The molecule has 3 rings (SSSR count). The lowest BCUT2D eigenvalue weighted by Crippen LogP contribution is -2.23. The van der Waals surface area contributed by atoms with Crippen molar-refractivity contribution in [2.24, 2.45) is 11.8 Å². The highest BCUT2D eigenvalue weighted by atomic mass is 16.5. The zero-order valence-corrected chi connectivity index (χ0v) is 15.0. The van der Waals surface area contributed by atoms with E-state index in [4.69, 9.17) is 4.74 Å². The van der Waals surface area contributed by atoms with Crippen LogP contribution >= 0.6 is 0 Å². The molecule has 1 unspecified atom stereocenters. The third kappa shape index (κ3) is 3.53. The van der Waals surface area contributed by atoms with Gasteiger partial charge in [0.2, 0.25) is 0 Å². The van der Waals surface area contributed by atoms with Crippen LogP contribution < -0.4 is 4.74 Å².